The zero-order valence-electron chi connectivity index (χ0n) is 11.6. The fourth-order valence-corrected chi connectivity index (χ4v) is 2.45. The Morgan fingerprint density at radius 3 is 2.45 bits per heavy atom. The molecule has 1 aromatic carbocycles. The molecule has 0 spiro atoms. The second kappa shape index (κ2) is 6.35. The van der Waals surface area contributed by atoms with Crippen molar-refractivity contribution < 1.29 is 29.0 Å². The van der Waals surface area contributed by atoms with E-state index in [9.17, 15) is 14.4 Å². The second-order valence-electron chi connectivity index (χ2n) is 4.11. The molecule has 1 radical (unpaired) electrons. The minimum Gasteiger partial charge on any atom is -0.476 e. The van der Waals surface area contributed by atoms with Gasteiger partial charge in [-0.25, -0.2) is 9.78 Å². The van der Waals surface area contributed by atoms with Gasteiger partial charge in [-0.15, -0.1) is 11.3 Å². The van der Waals surface area contributed by atoms with E-state index in [4.69, 9.17) is 14.6 Å². The molecule has 2 rings (SSSR count). The standard InChI is InChI=1S/C14H10NO6S/c1-7(16)20-10-5-3-4-9(12(10)21-8(2)17)13-11(14(18)19)15-6-22-13/h3-5H,1-2H3,(H,18,19). The number of hydrogen-bond donors (Lipinski definition) is 1. The molecule has 0 aliphatic carbocycles. The van der Waals surface area contributed by atoms with Crippen LogP contribution in [-0.2, 0) is 9.59 Å². The minimum atomic E-state index is -1.24. The van der Waals surface area contributed by atoms with Crippen molar-refractivity contribution in [2.75, 3.05) is 0 Å². The van der Waals surface area contributed by atoms with Crippen LogP contribution in [0, 0.1) is 5.51 Å². The van der Waals surface area contributed by atoms with E-state index in [0.717, 1.165) is 11.3 Å². The number of esters is 2. The maximum atomic E-state index is 11.3. The summed E-state index contributed by atoms with van der Waals surface area (Å²) in [4.78, 5) is 37.5. The van der Waals surface area contributed by atoms with E-state index < -0.39 is 17.9 Å². The van der Waals surface area contributed by atoms with Crippen LogP contribution in [0.1, 0.15) is 24.3 Å². The summed E-state index contributed by atoms with van der Waals surface area (Å²) in [5.41, 5.74) is 2.54. The van der Waals surface area contributed by atoms with Crippen LogP contribution >= 0.6 is 11.3 Å². The Labute approximate surface area is 129 Å². The highest BCUT2D eigenvalue weighted by Gasteiger charge is 2.22. The van der Waals surface area contributed by atoms with E-state index in [-0.39, 0.29) is 27.6 Å². The molecule has 0 fully saturated rings. The van der Waals surface area contributed by atoms with Gasteiger partial charge in [0.1, 0.15) is 0 Å². The fourth-order valence-electron chi connectivity index (χ4n) is 1.72. The Hall–Kier alpha value is -2.74. The highest BCUT2D eigenvalue weighted by atomic mass is 32.1. The molecule has 1 aromatic heterocycles. The van der Waals surface area contributed by atoms with E-state index in [2.05, 4.69) is 10.5 Å². The van der Waals surface area contributed by atoms with Crippen LogP contribution in [0.15, 0.2) is 18.2 Å². The summed E-state index contributed by atoms with van der Waals surface area (Å²) in [6, 6.07) is 4.53. The maximum absolute atomic E-state index is 11.3. The maximum Gasteiger partial charge on any atom is 0.356 e. The molecule has 1 heterocycles. The first-order valence-corrected chi connectivity index (χ1v) is 6.82. The first-order chi connectivity index (χ1) is 10.4. The van der Waals surface area contributed by atoms with Crippen molar-refractivity contribution in [3.8, 4) is 21.9 Å². The first kappa shape index (κ1) is 15.6. The molecular weight excluding hydrogens is 310 g/mol. The molecule has 8 heteroatoms. The van der Waals surface area contributed by atoms with Crippen LogP contribution in [0.3, 0.4) is 0 Å². The lowest BCUT2D eigenvalue weighted by atomic mass is 10.1. The zero-order chi connectivity index (χ0) is 16.3. The van der Waals surface area contributed by atoms with Gasteiger partial charge in [0, 0.05) is 19.4 Å². The van der Waals surface area contributed by atoms with Crippen molar-refractivity contribution in [1.29, 1.82) is 0 Å². The lowest BCUT2D eigenvalue weighted by Crippen LogP contribution is -2.08. The van der Waals surface area contributed by atoms with Crippen molar-refractivity contribution in [2.24, 2.45) is 0 Å². The molecule has 0 aliphatic heterocycles. The number of aromatic carboxylic acids is 1. The second-order valence-corrected chi connectivity index (χ2v) is 4.90. The number of thiazole rings is 1. The van der Waals surface area contributed by atoms with E-state index in [0.29, 0.717) is 0 Å². The highest BCUT2D eigenvalue weighted by molar-refractivity contribution is 7.13. The number of carboxylic acid groups (broad SMARTS) is 1. The monoisotopic (exact) mass is 320 g/mol. The van der Waals surface area contributed by atoms with E-state index in [1.54, 1.807) is 12.1 Å². The Morgan fingerprint density at radius 2 is 1.86 bits per heavy atom. The summed E-state index contributed by atoms with van der Waals surface area (Å²) < 4.78 is 10.1. The van der Waals surface area contributed by atoms with Gasteiger partial charge in [-0.2, -0.15) is 0 Å². The van der Waals surface area contributed by atoms with Crippen molar-refractivity contribution in [2.45, 2.75) is 13.8 Å². The molecule has 0 aliphatic rings. The van der Waals surface area contributed by atoms with Crippen molar-refractivity contribution in [3.05, 3.63) is 29.4 Å². The molecule has 0 atom stereocenters. The quantitative estimate of drug-likeness (QED) is 0.680. The average Bonchev–Trinajstić information content (AvgIpc) is 2.88. The third-order valence-corrected chi connectivity index (χ3v) is 3.25. The summed E-state index contributed by atoms with van der Waals surface area (Å²) >= 11 is 0.951. The van der Waals surface area contributed by atoms with Crippen molar-refractivity contribution in [1.82, 2.24) is 4.98 Å². The fraction of sp³-hybridized carbons (Fsp3) is 0.143. The molecule has 22 heavy (non-hydrogen) atoms. The molecule has 0 unspecified atom stereocenters. The summed E-state index contributed by atoms with van der Waals surface area (Å²) in [5.74, 6) is -2.49. The van der Waals surface area contributed by atoms with Gasteiger partial charge in [0.2, 0.25) is 0 Å². The predicted octanol–water partition coefficient (Wildman–Crippen LogP) is 2.16. The highest BCUT2D eigenvalue weighted by Crippen LogP contribution is 2.41. The molecule has 1 N–H and O–H groups in total. The number of ether oxygens (including phenoxy) is 2. The molecule has 0 amide bonds. The topological polar surface area (TPSA) is 103 Å². The Balaban J connectivity index is 2.63. The smallest absolute Gasteiger partial charge is 0.356 e. The van der Waals surface area contributed by atoms with Crippen LogP contribution in [-0.4, -0.2) is 28.0 Å². The van der Waals surface area contributed by atoms with E-state index in [1.807, 2.05) is 0 Å². The van der Waals surface area contributed by atoms with E-state index >= 15 is 0 Å². The first-order valence-electron chi connectivity index (χ1n) is 6.00. The third kappa shape index (κ3) is 3.29. The zero-order valence-corrected chi connectivity index (χ0v) is 12.4. The summed E-state index contributed by atoms with van der Waals surface area (Å²) in [6.45, 7) is 2.39. The van der Waals surface area contributed by atoms with Gasteiger partial charge in [0.05, 0.1) is 4.88 Å². The number of para-hydroxylation sites is 1. The number of aromatic nitrogens is 1. The molecule has 7 nitrogen and oxygen atoms in total. The Bertz CT molecular complexity index is 752. The SMILES string of the molecule is CC(=O)Oc1cccc(-c2s[c]nc2C(=O)O)c1OC(C)=O. The average molecular weight is 320 g/mol. The van der Waals surface area contributed by atoms with E-state index in [1.165, 1.54) is 19.9 Å². The third-order valence-electron chi connectivity index (χ3n) is 2.45. The molecule has 0 saturated carbocycles. The van der Waals surface area contributed by atoms with Crippen LogP contribution in [0.4, 0.5) is 0 Å². The van der Waals surface area contributed by atoms with Crippen LogP contribution in [0.5, 0.6) is 11.5 Å². The van der Waals surface area contributed by atoms with Crippen molar-refractivity contribution >= 4 is 29.2 Å². The van der Waals surface area contributed by atoms with Gasteiger partial charge in [0.15, 0.2) is 22.7 Å². The molecule has 2 aromatic rings. The van der Waals surface area contributed by atoms with Crippen LogP contribution < -0.4 is 9.47 Å². The number of carbonyl (C=O) groups is 3. The molecule has 113 valence electrons. The number of nitrogens with zero attached hydrogens (tertiary/aromatic N) is 1. The van der Waals surface area contributed by atoms with Gasteiger partial charge >= 0.3 is 17.9 Å². The van der Waals surface area contributed by atoms with Gasteiger partial charge < -0.3 is 14.6 Å². The Morgan fingerprint density at radius 1 is 1.18 bits per heavy atom. The minimum absolute atomic E-state index is 0.0185. The lowest BCUT2D eigenvalue weighted by molar-refractivity contribution is -0.134. The Kier molecular flexibility index (Phi) is 4.52. The molecule has 0 saturated heterocycles. The van der Waals surface area contributed by atoms with Gasteiger partial charge in [-0.05, 0) is 12.1 Å². The van der Waals surface area contributed by atoms with Crippen molar-refractivity contribution in [3.63, 3.8) is 0 Å². The number of benzene rings is 1. The van der Waals surface area contributed by atoms with Crippen LogP contribution in [0.25, 0.3) is 10.4 Å². The number of carboxylic acids is 1. The summed E-state index contributed by atoms with van der Waals surface area (Å²) in [6.07, 6.45) is 0. The van der Waals surface area contributed by atoms with Crippen LogP contribution in [0.2, 0.25) is 0 Å². The number of hydrogen-bond acceptors (Lipinski definition) is 7. The molecule has 0 bridgehead atoms. The normalized spacial score (nSPS) is 10.1. The summed E-state index contributed by atoms with van der Waals surface area (Å²) in [5, 5.41) is 9.13. The molecular formula is C14H10NO6S. The lowest BCUT2D eigenvalue weighted by Gasteiger charge is -2.12. The summed E-state index contributed by atoms with van der Waals surface area (Å²) in [7, 11) is 0. The van der Waals surface area contributed by atoms with Gasteiger partial charge in [-0.1, -0.05) is 6.07 Å². The number of rotatable bonds is 4. The largest absolute Gasteiger partial charge is 0.476 e. The predicted molar refractivity (Wildman–Crippen MR) is 76.0 cm³/mol. The number of carbonyl (C=O) groups excluding carboxylic acids is 2. The van der Waals surface area contributed by atoms with Gasteiger partial charge in [0.25, 0.3) is 0 Å². The van der Waals surface area contributed by atoms with Gasteiger partial charge in [-0.3, -0.25) is 9.59 Å².